The summed E-state index contributed by atoms with van der Waals surface area (Å²) < 4.78 is 5.05. The first-order valence-corrected chi connectivity index (χ1v) is 5.10. The van der Waals surface area contributed by atoms with Crippen molar-refractivity contribution in [3.05, 3.63) is 28.8 Å². The molecule has 2 N–H and O–H groups in total. The highest BCUT2D eigenvalue weighted by Gasteiger charge is 2.12. The minimum Gasteiger partial charge on any atom is -0.462 e. The van der Waals surface area contributed by atoms with E-state index in [1.807, 2.05) is 13.8 Å². The van der Waals surface area contributed by atoms with Crippen molar-refractivity contribution < 1.29 is 9.53 Å². The maximum Gasteiger partial charge on any atom is 0.339 e. The van der Waals surface area contributed by atoms with Gasteiger partial charge in [-0.25, -0.2) is 4.79 Å². The summed E-state index contributed by atoms with van der Waals surface area (Å²) in [5, 5.41) is 0.323. The molecule has 0 aliphatic heterocycles. The van der Waals surface area contributed by atoms with Crippen LogP contribution in [0.4, 0.5) is 5.69 Å². The van der Waals surface area contributed by atoms with Crippen LogP contribution in [0.5, 0.6) is 0 Å². The van der Waals surface area contributed by atoms with Gasteiger partial charge in [0.05, 0.1) is 17.2 Å². The first-order valence-electron chi connectivity index (χ1n) is 4.73. The lowest BCUT2D eigenvalue weighted by atomic mass is 10.2. The number of carbonyl (C=O) groups excluding carboxylic acids is 1. The standard InChI is InChI=1S/C11H14ClNO2/c1-7(2)6-15-11(14)9-4-3-8(13)5-10(9)12/h3-5,7H,6,13H2,1-2H3. The summed E-state index contributed by atoms with van der Waals surface area (Å²) in [5.41, 5.74) is 6.39. The highest BCUT2D eigenvalue weighted by molar-refractivity contribution is 6.33. The number of nitrogen functional groups attached to an aromatic ring is 1. The fourth-order valence-corrected chi connectivity index (χ4v) is 1.28. The number of halogens is 1. The maximum absolute atomic E-state index is 11.5. The van der Waals surface area contributed by atoms with Gasteiger partial charge in [0.25, 0.3) is 0 Å². The molecule has 0 amide bonds. The average Bonchev–Trinajstić information content (AvgIpc) is 2.14. The van der Waals surface area contributed by atoms with E-state index in [-0.39, 0.29) is 0 Å². The number of anilines is 1. The third kappa shape index (κ3) is 3.44. The number of carbonyl (C=O) groups is 1. The van der Waals surface area contributed by atoms with E-state index in [1.165, 1.54) is 6.07 Å². The number of benzene rings is 1. The lowest BCUT2D eigenvalue weighted by Gasteiger charge is -2.08. The van der Waals surface area contributed by atoms with Crippen LogP contribution in [0.15, 0.2) is 18.2 Å². The second-order valence-electron chi connectivity index (χ2n) is 3.73. The number of hydrogen-bond donors (Lipinski definition) is 1. The van der Waals surface area contributed by atoms with E-state index in [0.717, 1.165) is 0 Å². The van der Waals surface area contributed by atoms with Crippen LogP contribution in [0.3, 0.4) is 0 Å². The Kier molecular flexibility index (Phi) is 3.97. The fourth-order valence-electron chi connectivity index (χ4n) is 1.02. The molecule has 1 aromatic rings. The van der Waals surface area contributed by atoms with Gasteiger partial charge in [0.15, 0.2) is 0 Å². The van der Waals surface area contributed by atoms with Crippen LogP contribution in [-0.2, 0) is 4.74 Å². The monoisotopic (exact) mass is 227 g/mol. The molecule has 0 radical (unpaired) electrons. The molecule has 0 fully saturated rings. The van der Waals surface area contributed by atoms with Gasteiger partial charge in [-0.3, -0.25) is 0 Å². The molecule has 15 heavy (non-hydrogen) atoms. The van der Waals surface area contributed by atoms with Crippen LogP contribution in [0.1, 0.15) is 24.2 Å². The Balaban J connectivity index is 2.74. The van der Waals surface area contributed by atoms with Crippen molar-refractivity contribution in [1.82, 2.24) is 0 Å². The van der Waals surface area contributed by atoms with Crippen LogP contribution in [0, 0.1) is 5.92 Å². The molecule has 1 rings (SSSR count). The third-order valence-corrected chi connectivity index (χ3v) is 2.07. The molecule has 0 atom stereocenters. The number of ether oxygens (including phenoxy) is 1. The number of nitrogens with two attached hydrogens (primary N) is 1. The third-order valence-electron chi connectivity index (χ3n) is 1.76. The highest BCUT2D eigenvalue weighted by atomic mass is 35.5. The number of hydrogen-bond acceptors (Lipinski definition) is 3. The summed E-state index contributed by atoms with van der Waals surface area (Å²) in [7, 11) is 0. The molecule has 82 valence electrons. The van der Waals surface area contributed by atoms with Gasteiger partial charge in [0, 0.05) is 5.69 Å². The van der Waals surface area contributed by atoms with Gasteiger partial charge < -0.3 is 10.5 Å². The SMILES string of the molecule is CC(C)COC(=O)c1ccc(N)cc1Cl. The van der Waals surface area contributed by atoms with Crippen molar-refractivity contribution in [3.63, 3.8) is 0 Å². The topological polar surface area (TPSA) is 52.3 Å². The van der Waals surface area contributed by atoms with Crippen LogP contribution in [-0.4, -0.2) is 12.6 Å². The predicted molar refractivity (Wildman–Crippen MR) is 61.0 cm³/mol. The minimum absolute atomic E-state index is 0.307. The van der Waals surface area contributed by atoms with Gasteiger partial charge in [-0.05, 0) is 24.1 Å². The zero-order valence-electron chi connectivity index (χ0n) is 8.79. The largest absolute Gasteiger partial charge is 0.462 e. The van der Waals surface area contributed by atoms with Crippen molar-refractivity contribution >= 4 is 23.3 Å². The molecule has 4 heteroatoms. The van der Waals surface area contributed by atoms with Crippen molar-refractivity contribution in [2.45, 2.75) is 13.8 Å². The Morgan fingerprint density at radius 3 is 2.73 bits per heavy atom. The van der Waals surface area contributed by atoms with Gasteiger partial charge in [-0.15, -0.1) is 0 Å². The van der Waals surface area contributed by atoms with E-state index in [9.17, 15) is 4.79 Å². The van der Waals surface area contributed by atoms with Crippen LogP contribution >= 0.6 is 11.6 Å². The Morgan fingerprint density at radius 2 is 2.20 bits per heavy atom. The van der Waals surface area contributed by atoms with Crippen LogP contribution in [0.2, 0.25) is 5.02 Å². The van der Waals surface area contributed by atoms with E-state index >= 15 is 0 Å². The maximum atomic E-state index is 11.5. The quantitative estimate of drug-likeness (QED) is 0.638. The zero-order chi connectivity index (χ0) is 11.4. The van der Waals surface area contributed by atoms with Crippen LogP contribution < -0.4 is 5.73 Å². The van der Waals surface area contributed by atoms with Gasteiger partial charge in [-0.2, -0.15) is 0 Å². The van der Waals surface area contributed by atoms with E-state index in [2.05, 4.69) is 0 Å². The van der Waals surface area contributed by atoms with Crippen molar-refractivity contribution in [2.24, 2.45) is 5.92 Å². The van der Waals surface area contributed by atoms with Crippen LogP contribution in [0.25, 0.3) is 0 Å². The smallest absolute Gasteiger partial charge is 0.339 e. The number of esters is 1. The van der Waals surface area contributed by atoms with Crippen molar-refractivity contribution in [2.75, 3.05) is 12.3 Å². The fraction of sp³-hybridized carbons (Fsp3) is 0.364. The molecule has 0 spiro atoms. The summed E-state index contributed by atoms with van der Waals surface area (Å²) in [6, 6.07) is 4.73. The summed E-state index contributed by atoms with van der Waals surface area (Å²) in [5.74, 6) is -0.102. The molecule has 0 heterocycles. The molecule has 0 saturated carbocycles. The molecule has 1 aromatic carbocycles. The van der Waals surface area contributed by atoms with Gasteiger partial charge in [0.2, 0.25) is 0 Å². The van der Waals surface area contributed by atoms with E-state index in [4.69, 9.17) is 22.1 Å². The molecule has 0 unspecified atom stereocenters. The summed E-state index contributed by atoms with van der Waals surface area (Å²) in [6.45, 7) is 4.33. The van der Waals surface area contributed by atoms with E-state index in [0.29, 0.717) is 28.8 Å². The normalized spacial score (nSPS) is 10.4. The molecular formula is C11H14ClNO2. The summed E-state index contributed by atoms with van der Waals surface area (Å²) in [4.78, 5) is 11.5. The molecule has 0 aliphatic carbocycles. The molecule has 3 nitrogen and oxygen atoms in total. The molecule has 0 aromatic heterocycles. The second kappa shape index (κ2) is 5.03. The Bertz CT molecular complexity index is 364. The van der Waals surface area contributed by atoms with Gasteiger partial charge >= 0.3 is 5.97 Å². The summed E-state index contributed by atoms with van der Waals surface area (Å²) >= 11 is 5.86. The average molecular weight is 228 g/mol. The van der Waals surface area contributed by atoms with E-state index < -0.39 is 5.97 Å². The zero-order valence-corrected chi connectivity index (χ0v) is 9.54. The van der Waals surface area contributed by atoms with Crippen molar-refractivity contribution in [3.8, 4) is 0 Å². The second-order valence-corrected chi connectivity index (χ2v) is 4.14. The molecule has 0 aliphatic rings. The van der Waals surface area contributed by atoms with Gasteiger partial charge in [0.1, 0.15) is 0 Å². The Labute approximate surface area is 94.2 Å². The Hall–Kier alpha value is -1.22. The molecular weight excluding hydrogens is 214 g/mol. The summed E-state index contributed by atoms with van der Waals surface area (Å²) in [6.07, 6.45) is 0. The first-order chi connectivity index (χ1) is 7.00. The Morgan fingerprint density at radius 1 is 1.53 bits per heavy atom. The van der Waals surface area contributed by atoms with Crippen molar-refractivity contribution in [1.29, 1.82) is 0 Å². The lowest BCUT2D eigenvalue weighted by molar-refractivity contribution is 0.0459. The van der Waals surface area contributed by atoms with Gasteiger partial charge in [-0.1, -0.05) is 25.4 Å². The number of rotatable bonds is 3. The highest BCUT2D eigenvalue weighted by Crippen LogP contribution is 2.20. The molecule has 0 saturated heterocycles. The predicted octanol–water partition coefficient (Wildman–Crippen LogP) is 2.74. The first kappa shape index (κ1) is 11.9. The van der Waals surface area contributed by atoms with E-state index in [1.54, 1.807) is 12.1 Å². The molecule has 0 bridgehead atoms. The lowest BCUT2D eigenvalue weighted by Crippen LogP contribution is -2.10. The minimum atomic E-state index is -0.409.